The van der Waals surface area contributed by atoms with Gasteiger partial charge in [0.1, 0.15) is 11.6 Å². The molecule has 3 rings (SSSR count). The summed E-state index contributed by atoms with van der Waals surface area (Å²) in [6, 6.07) is 11.3. The number of halogens is 2. The lowest BCUT2D eigenvalue weighted by Gasteiger charge is -2.08. The fraction of sp³-hybridized carbons (Fsp3) is 0. The van der Waals surface area contributed by atoms with Crippen LogP contribution in [-0.4, -0.2) is 15.9 Å². The Morgan fingerprint density at radius 2 is 1.79 bits per heavy atom. The summed E-state index contributed by atoms with van der Waals surface area (Å²) in [7, 11) is 0. The van der Waals surface area contributed by atoms with Gasteiger partial charge in [0.25, 0.3) is 5.91 Å². The highest BCUT2D eigenvalue weighted by atomic mass is 19.1. The van der Waals surface area contributed by atoms with E-state index in [0.29, 0.717) is 17.0 Å². The first-order valence-corrected chi connectivity index (χ1v) is 6.89. The second kappa shape index (κ2) is 6.41. The highest BCUT2D eigenvalue weighted by Gasteiger charge is 2.09. The van der Waals surface area contributed by atoms with Gasteiger partial charge in [0.05, 0.1) is 5.69 Å². The lowest BCUT2D eigenvalue weighted by atomic mass is 10.1. The molecular weight excluding hydrogens is 316 g/mol. The van der Waals surface area contributed by atoms with Crippen molar-refractivity contribution in [3.63, 3.8) is 0 Å². The molecule has 2 N–H and O–H groups in total. The molecule has 3 aromatic rings. The predicted molar refractivity (Wildman–Crippen MR) is 82.4 cm³/mol. The summed E-state index contributed by atoms with van der Waals surface area (Å²) in [4.78, 5) is 18.9. The minimum Gasteiger partial charge on any atom is -0.454 e. The molecule has 1 amide bonds. The van der Waals surface area contributed by atoms with Crippen molar-refractivity contribution in [2.24, 2.45) is 5.73 Å². The van der Waals surface area contributed by atoms with Gasteiger partial charge in [-0.2, -0.15) is 0 Å². The zero-order valence-electron chi connectivity index (χ0n) is 12.2. The number of carbonyl (C=O) groups is 1. The van der Waals surface area contributed by atoms with Gasteiger partial charge in [0, 0.05) is 17.8 Å². The maximum absolute atomic E-state index is 13.6. The standard InChI is InChI=1S/C17H11F2N3O2/c18-11-3-6-15(13(19)9-11)24-12-4-1-10(2-5-12)14-7-8-21-17(22-14)16(20)23/h1-9H,(H2,20,23). The minimum absolute atomic E-state index is 0.0813. The van der Waals surface area contributed by atoms with Gasteiger partial charge < -0.3 is 10.5 Å². The molecule has 5 nitrogen and oxygen atoms in total. The minimum atomic E-state index is -0.791. The molecule has 0 aliphatic carbocycles. The van der Waals surface area contributed by atoms with E-state index in [4.69, 9.17) is 10.5 Å². The van der Waals surface area contributed by atoms with Gasteiger partial charge in [-0.25, -0.2) is 18.7 Å². The van der Waals surface area contributed by atoms with Gasteiger partial charge in [0.2, 0.25) is 5.82 Å². The molecule has 1 aromatic heterocycles. The maximum atomic E-state index is 13.6. The third-order valence-corrected chi connectivity index (χ3v) is 3.15. The van der Waals surface area contributed by atoms with E-state index in [-0.39, 0.29) is 11.6 Å². The molecule has 0 radical (unpaired) electrons. The number of ether oxygens (including phenoxy) is 1. The van der Waals surface area contributed by atoms with Crippen LogP contribution >= 0.6 is 0 Å². The van der Waals surface area contributed by atoms with Crippen LogP contribution in [0.1, 0.15) is 10.6 Å². The molecule has 1 heterocycles. The van der Waals surface area contributed by atoms with Crippen molar-refractivity contribution in [2.75, 3.05) is 0 Å². The molecule has 2 aromatic carbocycles. The average molecular weight is 327 g/mol. The summed E-state index contributed by atoms with van der Waals surface area (Å²) in [6.07, 6.45) is 1.43. The molecule has 0 saturated heterocycles. The predicted octanol–water partition coefficient (Wildman–Crippen LogP) is 3.31. The molecule has 0 spiro atoms. The molecule has 7 heteroatoms. The summed E-state index contributed by atoms with van der Waals surface area (Å²) in [5, 5.41) is 0. The van der Waals surface area contributed by atoms with Crippen molar-refractivity contribution >= 4 is 5.91 Å². The number of benzene rings is 2. The van der Waals surface area contributed by atoms with Crippen molar-refractivity contribution in [3.05, 3.63) is 72.2 Å². The number of hydrogen-bond acceptors (Lipinski definition) is 4. The number of aromatic nitrogens is 2. The summed E-state index contributed by atoms with van der Waals surface area (Å²) in [5.41, 5.74) is 6.36. The SMILES string of the molecule is NC(=O)c1nccc(-c2ccc(Oc3ccc(F)cc3F)cc2)n1. The van der Waals surface area contributed by atoms with Crippen molar-refractivity contribution < 1.29 is 18.3 Å². The molecule has 0 atom stereocenters. The Morgan fingerprint density at radius 3 is 2.46 bits per heavy atom. The fourth-order valence-electron chi connectivity index (χ4n) is 2.02. The summed E-state index contributed by atoms with van der Waals surface area (Å²) in [6.45, 7) is 0. The first-order valence-electron chi connectivity index (χ1n) is 6.89. The van der Waals surface area contributed by atoms with E-state index in [1.54, 1.807) is 30.3 Å². The molecule has 0 aliphatic heterocycles. The molecular formula is C17H11F2N3O2. The van der Waals surface area contributed by atoms with Crippen LogP contribution in [-0.2, 0) is 0 Å². The van der Waals surface area contributed by atoms with E-state index >= 15 is 0 Å². The summed E-state index contributed by atoms with van der Waals surface area (Å²) < 4.78 is 31.8. The number of nitrogens with zero attached hydrogens (tertiary/aromatic N) is 2. The smallest absolute Gasteiger partial charge is 0.286 e. The Bertz CT molecular complexity index is 899. The topological polar surface area (TPSA) is 78.1 Å². The van der Waals surface area contributed by atoms with Gasteiger partial charge in [0.15, 0.2) is 11.6 Å². The second-order valence-electron chi connectivity index (χ2n) is 4.83. The van der Waals surface area contributed by atoms with Gasteiger partial charge in [-0.15, -0.1) is 0 Å². The Kier molecular flexibility index (Phi) is 4.15. The fourth-order valence-corrected chi connectivity index (χ4v) is 2.02. The number of rotatable bonds is 4. The van der Waals surface area contributed by atoms with E-state index in [1.807, 2.05) is 0 Å². The summed E-state index contributed by atoms with van der Waals surface area (Å²) >= 11 is 0. The molecule has 0 unspecified atom stereocenters. The second-order valence-corrected chi connectivity index (χ2v) is 4.83. The normalized spacial score (nSPS) is 10.4. The van der Waals surface area contributed by atoms with Crippen molar-refractivity contribution in [2.45, 2.75) is 0 Å². The third-order valence-electron chi connectivity index (χ3n) is 3.15. The zero-order chi connectivity index (χ0) is 17.1. The van der Waals surface area contributed by atoms with Crippen LogP contribution in [0.3, 0.4) is 0 Å². The molecule has 24 heavy (non-hydrogen) atoms. The maximum Gasteiger partial charge on any atom is 0.286 e. The van der Waals surface area contributed by atoms with Crippen LogP contribution in [0.5, 0.6) is 11.5 Å². The zero-order valence-corrected chi connectivity index (χ0v) is 12.2. The van der Waals surface area contributed by atoms with Crippen LogP contribution in [0.4, 0.5) is 8.78 Å². The third kappa shape index (κ3) is 3.35. The van der Waals surface area contributed by atoms with E-state index in [2.05, 4.69) is 9.97 Å². The van der Waals surface area contributed by atoms with Gasteiger partial charge >= 0.3 is 0 Å². The Labute approximate surface area is 135 Å². The number of hydrogen-bond donors (Lipinski definition) is 1. The quantitative estimate of drug-likeness (QED) is 0.797. The Morgan fingerprint density at radius 1 is 1.04 bits per heavy atom. The van der Waals surface area contributed by atoms with Crippen LogP contribution in [0.2, 0.25) is 0 Å². The first-order chi connectivity index (χ1) is 11.5. The van der Waals surface area contributed by atoms with Gasteiger partial charge in [-0.05, 0) is 42.5 Å². The number of primary amides is 1. The van der Waals surface area contributed by atoms with Crippen molar-refractivity contribution in [3.8, 4) is 22.8 Å². The lowest BCUT2D eigenvalue weighted by molar-refractivity contribution is 0.0990. The molecule has 0 saturated carbocycles. The highest BCUT2D eigenvalue weighted by molar-refractivity contribution is 5.89. The number of nitrogens with two attached hydrogens (primary N) is 1. The monoisotopic (exact) mass is 327 g/mol. The van der Waals surface area contributed by atoms with E-state index in [1.165, 1.54) is 12.3 Å². The average Bonchev–Trinajstić information content (AvgIpc) is 2.58. The molecule has 0 aliphatic rings. The van der Waals surface area contributed by atoms with E-state index < -0.39 is 17.5 Å². The molecule has 0 fully saturated rings. The Balaban J connectivity index is 1.83. The van der Waals surface area contributed by atoms with E-state index in [0.717, 1.165) is 12.1 Å². The van der Waals surface area contributed by atoms with Gasteiger partial charge in [-0.3, -0.25) is 4.79 Å². The summed E-state index contributed by atoms with van der Waals surface area (Å²) in [5.74, 6) is -1.98. The first kappa shape index (κ1) is 15.5. The van der Waals surface area contributed by atoms with Gasteiger partial charge in [-0.1, -0.05) is 0 Å². The van der Waals surface area contributed by atoms with Crippen molar-refractivity contribution in [1.29, 1.82) is 0 Å². The lowest BCUT2D eigenvalue weighted by Crippen LogP contribution is -2.15. The number of amides is 1. The molecule has 0 bridgehead atoms. The van der Waals surface area contributed by atoms with Crippen LogP contribution < -0.4 is 10.5 Å². The highest BCUT2D eigenvalue weighted by Crippen LogP contribution is 2.27. The molecule has 120 valence electrons. The van der Waals surface area contributed by atoms with Crippen LogP contribution in [0, 0.1) is 11.6 Å². The largest absolute Gasteiger partial charge is 0.454 e. The number of carbonyl (C=O) groups excluding carboxylic acids is 1. The van der Waals surface area contributed by atoms with Crippen LogP contribution in [0.15, 0.2) is 54.7 Å². The Hall–Kier alpha value is -3.35. The van der Waals surface area contributed by atoms with Crippen LogP contribution in [0.25, 0.3) is 11.3 Å². The van der Waals surface area contributed by atoms with Crippen molar-refractivity contribution in [1.82, 2.24) is 9.97 Å². The van der Waals surface area contributed by atoms with E-state index in [9.17, 15) is 13.6 Å².